The predicted octanol–water partition coefficient (Wildman–Crippen LogP) is 2.54. The van der Waals surface area contributed by atoms with Gasteiger partial charge in [0.25, 0.3) is 0 Å². The molecule has 0 amide bonds. The van der Waals surface area contributed by atoms with Gasteiger partial charge in [-0.25, -0.2) is 4.79 Å². The zero-order valence-electron chi connectivity index (χ0n) is 9.41. The van der Waals surface area contributed by atoms with Crippen molar-refractivity contribution in [2.75, 3.05) is 19.0 Å². The summed E-state index contributed by atoms with van der Waals surface area (Å²) in [5, 5.41) is 3.26. The molecule has 0 unspecified atom stereocenters. The first-order valence-corrected chi connectivity index (χ1v) is 5.05. The Hall–Kier alpha value is -1.51. The van der Waals surface area contributed by atoms with Gasteiger partial charge in [0.2, 0.25) is 0 Å². The van der Waals surface area contributed by atoms with Crippen LogP contribution in [0.25, 0.3) is 0 Å². The molecule has 0 saturated heterocycles. The number of benzene rings is 1. The van der Waals surface area contributed by atoms with Crippen molar-refractivity contribution in [3.8, 4) is 0 Å². The highest BCUT2D eigenvalue weighted by Gasteiger charge is 2.05. The van der Waals surface area contributed by atoms with Crippen molar-refractivity contribution in [3.63, 3.8) is 0 Å². The largest absolute Gasteiger partial charge is 0.465 e. The maximum absolute atomic E-state index is 11.3. The van der Waals surface area contributed by atoms with Crippen molar-refractivity contribution in [1.29, 1.82) is 0 Å². The molecule has 0 bridgehead atoms. The average Bonchev–Trinajstić information content (AvgIpc) is 2.25. The van der Waals surface area contributed by atoms with Crippen LogP contribution >= 0.6 is 0 Å². The van der Waals surface area contributed by atoms with E-state index in [2.05, 4.69) is 23.9 Å². The van der Waals surface area contributed by atoms with Crippen LogP contribution in [0.15, 0.2) is 24.3 Å². The van der Waals surface area contributed by atoms with Crippen molar-refractivity contribution in [1.82, 2.24) is 0 Å². The molecule has 1 aromatic rings. The van der Waals surface area contributed by atoms with E-state index in [-0.39, 0.29) is 5.97 Å². The van der Waals surface area contributed by atoms with Crippen molar-refractivity contribution in [2.24, 2.45) is 5.92 Å². The molecule has 0 heterocycles. The minimum absolute atomic E-state index is 0.303. The molecule has 3 heteroatoms. The summed E-state index contributed by atoms with van der Waals surface area (Å²) in [5.74, 6) is 0.273. The van der Waals surface area contributed by atoms with Crippen LogP contribution in [-0.2, 0) is 4.74 Å². The maximum Gasteiger partial charge on any atom is 0.337 e. The van der Waals surface area contributed by atoms with E-state index in [9.17, 15) is 4.79 Å². The summed E-state index contributed by atoms with van der Waals surface area (Å²) in [6, 6.07) is 7.32. The summed E-state index contributed by atoms with van der Waals surface area (Å²) < 4.78 is 4.65. The zero-order chi connectivity index (χ0) is 11.3. The van der Waals surface area contributed by atoms with Crippen molar-refractivity contribution in [2.45, 2.75) is 13.8 Å². The zero-order valence-corrected chi connectivity index (χ0v) is 9.41. The number of nitrogens with one attached hydrogen (secondary N) is 1. The molecule has 0 saturated carbocycles. The topological polar surface area (TPSA) is 38.3 Å². The highest BCUT2D eigenvalue weighted by molar-refractivity contribution is 5.90. The normalized spacial score (nSPS) is 10.1. The molecule has 0 atom stereocenters. The number of rotatable bonds is 4. The molecule has 0 aliphatic rings. The van der Waals surface area contributed by atoms with Gasteiger partial charge in [-0.05, 0) is 24.1 Å². The summed E-state index contributed by atoms with van der Waals surface area (Å²) in [4.78, 5) is 11.3. The molecule has 0 radical (unpaired) electrons. The lowest BCUT2D eigenvalue weighted by Gasteiger charge is -2.09. The van der Waals surface area contributed by atoms with Crippen LogP contribution in [0.3, 0.4) is 0 Å². The molecule has 0 aliphatic heterocycles. The molecule has 1 aromatic carbocycles. The van der Waals surface area contributed by atoms with Gasteiger partial charge in [0.1, 0.15) is 0 Å². The van der Waals surface area contributed by atoms with Gasteiger partial charge < -0.3 is 10.1 Å². The van der Waals surface area contributed by atoms with Crippen LogP contribution in [0, 0.1) is 5.92 Å². The van der Waals surface area contributed by atoms with E-state index in [1.807, 2.05) is 12.1 Å². The molecule has 0 aromatic heterocycles. The van der Waals surface area contributed by atoms with E-state index < -0.39 is 0 Å². The Labute approximate surface area is 90.4 Å². The number of carbonyl (C=O) groups excluding carboxylic acids is 1. The first-order valence-electron chi connectivity index (χ1n) is 5.05. The fourth-order valence-electron chi connectivity index (χ4n) is 1.20. The SMILES string of the molecule is COC(=O)c1cccc(NCC(C)C)c1. The van der Waals surface area contributed by atoms with E-state index in [1.165, 1.54) is 7.11 Å². The quantitative estimate of drug-likeness (QED) is 0.771. The molecule has 0 aliphatic carbocycles. The lowest BCUT2D eigenvalue weighted by Crippen LogP contribution is -2.09. The first-order chi connectivity index (χ1) is 7.13. The lowest BCUT2D eigenvalue weighted by atomic mass is 10.2. The Morgan fingerprint density at radius 3 is 2.80 bits per heavy atom. The van der Waals surface area contributed by atoms with Gasteiger partial charge in [0, 0.05) is 12.2 Å². The molecule has 1 rings (SSSR count). The predicted molar refractivity (Wildman–Crippen MR) is 61.1 cm³/mol. The van der Waals surface area contributed by atoms with Gasteiger partial charge in [0.15, 0.2) is 0 Å². The van der Waals surface area contributed by atoms with Crippen molar-refractivity contribution in [3.05, 3.63) is 29.8 Å². The summed E-state index contributed by atoms with van der Waals surface area (Å²) in [6.07, 6.45) is 0. The van der Waals surface area contributed by atoms with Crippen LogP contribution in [0.1, 0.15) is 24.2 Å². The standard InChI is InChI=1S/C12H17NO2/c1-9(2)8-13-11-6-4-5-10(7-11)12(14)15-3/h4-7,9,13H,8H2,1-3H3. The molecular weight excluding hydrogens is 190 g/mol. The Kier molecular flexibility index (Phi) is 4.16. The third-order valence-electron chi connectivity index (χ3n) is 2.00. The monoisotopic (exact) mass is 207 g/mol. The van der Waals surface area contributed by atoms with E-state index in [0.717, 1.165) is 12.2 Å². The van der Waals surface area contributed by atoms with Crippen molar-refractivity contribution < 1.29 is 9.53 Å². The minimum atomic E-state index is -0.303. The number of anilines is 1. The number of hydrogen-bond acceptors (Lipinski definition) is 3. The van der Waals surface area contributed by atoms with E-state index in [1.54, 1.807) is 12.1 Å². The van der Waals surface area contributed by atoms with Gasteiger partial charge in [-0.15, -0.1) is 0 Å². The fraction of sp³-hybridized carbons (Fsp3) is 0.417. The second-order valence-corrected chi connectivity index (χ2v) is 3.85. The van der Waals surface area contributed by atoms with Crippen LogP contribution in [0.4, 0.5) is 5.69 Å². The Morgan fingerprint density at radius 2 is 2.20 bits per heavy atom. The van der Waals surface area contributed by atoms with Gasteiger partial charge in [-0.1, -0.05) is 19.9 Å². The minimum Gasteiger partial charge on any atom is -0.465 e. The smallest absolute Gasteiger partial charge is 0.337 e. The van der Waals surface area contributed by atoms with E-state index in [4.69, 9.17) is 0 Å². The highest BCUT2D eigenvalue weighted by atomic mass is 16.5. The molecule has 82 valence electrons. The van der Waals surface area contributed by atoms with E-state index >= 15 is 0 Å². The Balaban J connectivity index is 2.70. The summed E-state index contributed by atoms with van der Waals surface area (Å²) in [7, 11) is 1.39. The van der Waals surface area contributed by atoms with Gasteiger partial charge >= 0.3 is 5.97 Å². The molecule has 0 fully saturated rings. The third-order valence-corrected chi connectivity index (χ3v) is 2.00. The van der Waals surface area contributed by atoms with Gasteiger partial charge in [-0.3, -0.25) is 0 Å². The van der Waals surface area contributed by atoms with Crippen LogP contribution in [0.2, 0.25) is 0 Å². The number of esters is 1. The summed E-state index contributed by atoms with van der Waals surface area (Å²) in [6.45, 7) is 5.17. The number of ether oxygens (including phenoxy) is 1. The van der Waals surface area contributed by atoms with Crippen LogP contribution in [0.5, 0.6) is 0 Å². The number of hydrogen-bond donors (Lipinski definition) is 1. The number of carbonyl (C=O) groups is 1. The summed E-state index contributed by atoms with van der Waals surface area (Å²) in [5.41, 5.74) is 1.53. The van der Waals surface area contributed by atoms with E-state index in [0.29, 0.717) is 11.5 Å². The Morgan fingerprint density at radius 1 is 1.47 bits per heavy atom. The molecule has 1 N–H and O–H groups in total. The van der Waals surface area contributed by atoms with Crippen LogP contribution in [-0.4, -0.2) is 19.6 Å². The van der Waals surface area contributed by atoms with Gasteiger partial charge in [-0.2, -0.15) is 0 Å². The first kappa shape index (κ1) is 11.6. The second-order valence-electron chi connectivity index (χ2n) is 3.85. The highest BCUT2D eigenvalue weighted by Crippen LogP contribution is 2.11. The molecule has 0 spiro atoms. The fourth-order valence-corrected chi connectivity index (χ4v) is 1.20. The lowest BCUT2D eigenvalue weighted by molar-refractivity contribution is 0.0601. The Bertz CT molecular complexity index is 334. The molecular formula is C12H17NO2. The second kappa shape index (κ2) is 5.39. The van der Waals surface area contributed by atoms with Crippen molar-refractivity contribution >= 4 is 11.7 Å². The molecule has 3 nitrogen and oxygen atoms in total. The average molecular weight is 207 g/mol. The third kappa shape index (κ3) is 3.62. The summed E-state index contributed by atoms with van der Waals surface area (Å²) >= 11 is 0. The molecule has 15 heavy (non-hydrogen) atoms. The van der Waals surface area contributed by atoms with Gasteiger partial charge in [0.05, 0.1) is 12.7 Å². The maximum atomic E-state index is 11.3. The number of methoxy groups -OCH3 is 1. The van der Waals surface area contributed by atoms with Crippen LogP contribution < -0.4 is 5.32 Å².